The third-order valence-corrected chi connectivity index (χ3v) is 3.66. The van der Waals surface area contributed by atoms with Crippen LogP contribution in [0.3, 0.4) is 0 Å². The molecule has 1 aromatic rings. The van der Waals surface area contributed by atoms with Crippen LogP contribution in [0.2, 0.25) is 0 Å². The van der Waals surface area contributed by atoms with Crippen molar-refractivity contribution in [3.05, 3.63) is 29.8 Å². The van der Waals surface area contributed by atoms with Crippen molar-refractivity contribution in [3.8, 4) is 5.75 Å². The molecule has 2 rings (SSSR count). The first-order valence-corrected chi connectivity index (χ1v) is 8.09. The van der Waals surface area contributed by atoms with Gasteiger partial charge in [0.2, 0.25) is 0 Å². The zero-order valence-electron chi connectivity index (χ0n) is 13.3. The van der Waals surface area contributed by atoms with Gasteiger partial charge in [0.15, 0.2) is 5.96 Å². The van der Waals surface area contributed by atoms with E-state index in [1.807, 2.05) is 19.1 Å². The zero-order valence-corrected chi connectivity index (χ0v) is 13.3. The van der Waals surface area contributed by atoms with Crippen LogP contribution in [0.25, 0.3) is 0 Å². The first-order valence-electron chi connectivity index (χ1n) is 8.09. The average Bonchev–Trinajstić information content (AvgIpc) is 3.02. The number of para-hydroxylation sites is 1. The summed E-state index contributed by atoms with van der Waals surface area (Å²) in [4.78, 5) is 7.13. The molecule has 1 fully saturated rings. The molecule has 0 spiro atoms. The molecule has 1 saturated heterocycles. The summed E-state index contributed by atoms with van der Waals surface area (Å²) >= 11 is 0. The van der Waals surface area contributed by atoms with Crippen molar-refractivity contribution in [1.29, 1.82) is 0 Å². The van der Waals surface area contributed by atoms with Crippen molar-refractivity contribution in [2.24, 2.45) is 4.99 Å². The molecule has 0 aromatic heterocycles. The predicted octanol–water partition coefficient (Wildman–Crippen LogP) is 2.69. The van der Waals surface area contributed by atoms with Gasteiger partial charge in [0.05, 0.1) is 6.61 Å². The van der Waals surface area contributed by atoms with Crippen LogP contribution in [0.5, 0.6) is 5.75 Å². The van der Waals surface area contributed by atoms with Gasteiger partial charge in [-0.3, -0.25) is 4.99 Å². The van der Waals surface area contributed by atoms with E-state index in [1.54, 1.807) is 0 Å². The maximum Gasteiger partial charge on any atom is 0.193 e. The molecule has 1 aliphatic heterocycles. The number of nitrogens with one attached hydrogen (secondary N) is 1. The highest BCUT2D eigenvalue weighted by molar-refractivity contribution is 5.80. The van der Waals surface area contributed by atoms with Crippen LogP contribution in [-0.4, -0.2) is 43.6 Å². The summed E-state index contributed by atoms with van der Waals surface area (Å²) in [6, 6.07) is 8.25. The van der Waals surface area contributed by atoms with E-state index in [-0.39, 0.29) is 0 Å². The average molecular weight is 289 g/mol. The Morgan fingerprint density at radius 1 is 1.24 bits per heavy atom. The van der Waals surface area contributed by atoms with Crippen molar-refractivity contribution < 1.29 is 4.74 Å². The molecule has 0 radical (unpaired) electrons. The molecule has 1 aliphatic rings. The van der Waals surface area contributed by atoms with Crippen molar-refractivity contribution in [3.63, 3.8) is 0 Å². The summed E-state index contributed by atoms with van der Waals surface area (Å²) in [7, 11) is 0. The number of ether oxygens (including phenoxy) is 1. The van der Waals surface area contributed by atoms with E-state index in [1.165, 1.54) is 18.4 Å². The lowest BCUT2D eigenvalue weighted by Gasteiger charge is -2.20. The molecule has 1 N–H and O–H groups in total. The number of likely N-dealkylation sites (tertiary alicyclic amines) is 1. The first-order chi connectivity index (χ1) is 10.3. The molecule has 21 heavy (non-hydrogen) atoms. The number of benzene rings is 1. The van der Waals surface area contributed by atoms with Crippen LogP contribution in [0, 0.1) is 0 Å². The lowest BCUT2D eigenvalue weighted by atomic mass is 10.1. The second-order valence-corrected chi connectivity index (χ2v) is 5.22. The van der Waals surface area contributed by atoms with Crippen LogP contribution < -0.4 is 10.1 Å². The molecule has 0 unspecified atom stereocenters. The van der Waals surface area contributed by atoms with Crippen molar-refractivity contribution in [2.45, 2.75) is 33.1 Å². The standard InChI is InChI=1S/C17H27N3O/c1-3-18-17(20-13-7-8-14-20)19-12-11-15-9-5-6-10-16(15)21-4-2/h5-6,9-10H,3-4,7-8,11-14H2,1-2H3,(H,18,19). The number of rotatable bonds is 6. The van der Waals surface area contributed by atoms with Crippen molar-refractivity contribution in [1.82, 2.24) is 10.2 Å². The quantitative estimate of drug-likeness (QED) is 0.646. The zero-order chi connectivity index (χ0) is 14.9. The van der Waals surface area contributed by atoms with Gasteiger partial charge in [-0.15, -0.1) is 0 Å². The summed E-state index contributed by atoms with van der Waals surface area (Å²) < 4.78 is 5.67. The Labute approximate surface area is 128 Å². The van der Waals surface area contributed by atoms with E-state index in [2.05, 4.69) is 29.3 Å². The fourth-order valence-electron chi connectivity index (χ4n) is 2.64. The molecule has 0 amide bonds. The normalized spacial score (nSPS) is 15.3. The Bertz CT molecular complexity index is 453. The Hall–Kier alpha value is -1.71. The molecular formula is C17H27N3O. The topological polar surface area (TPSA) is 36.9 Å². The largest absolute Gasteiger partial charge is 0.494 e. The van der Waals surface area contributed by atoms with E-state index in [0.29, 0.717) is 6.61 Å². The second kappa shape index (κ2) is 8.55. The minimum absolute atomic E-state index is 0.705. The summed E-state index contributed by atoms with van der Waals surface area (Å²) in [6.45, 7) is 8.81. The highest BCUT2D eigenvalue weighted by atomic mass is 16.5. The molecule has 116 valence electrons. The molecule has 4 nitrogen and oxygen atoms in total. The van der Waals surface area contributed by atoms with E-state index < -0.39 is 0 Å². The van der Waals surface area contributed by atoms with Gasteiger partial charge in [-0.2, -0.15) is 0 Å². The van der Waals surface area contributed by atoms with Crippen LogP contribution >= 0.6 is 0 Å². The molecular weight excluding hydrogens is 262 g/mol. The lowest BCUT2D eigenvalue weighted by molar-refractivity contribution is 0.336. The molecule has 0 atom stereocenters. The third-order valence-electron chi connectivity index (χ3n) is 3.66. The minimum Gasteiger partial charge on any atom is -0.494 e. The van der Waals surface area contributed by atoms with Gasteiger partial charge < -0.3 is 15.0 Å². The van der Waals surface area contributed by atoms with Crippen molar-refractivity contribution >= 4 is 5.96 Å². The number of nitrogens with zero attached hydrogens (tertiary/aromatic N) is 2. The molecule has 1 heterocycles. The van der Waals surface area contributed by atoms with Crippen LogP contribution in [0.15, 0.2) is 29.3 Å². The van der Waals surface area contributed by atoms with E-state index in [9.17, 15) is 0 Å². The highest BCUT2D eigenvalue weighted by Crippen LogP contribution is 2.18. The predicted molar refractivity (Wildman–Crippen MR) is 88.1 cm³/mol. The van der Waals surface area contributed by atoms with Gasteiger partial charge in [-0.25, -0.2) is 0 Å². The Kier molecular flexibility index (Phi) is 6.38. The van der Waals surface area contributed by atoms with Gasteiger partial charge in [0, 0.05) is 26.2 Å². The molecule has 1 aromatic carbocycles. The first kappa shape index (κ1) is 15.7. The fraction of sp³-hybridized carbons (Fsp3) is 0.588. The van der Waals surface area contributed by atoms with Gasteiger partial charge in [0.25, 0.3) is 0 Å². The molecule has 0 bridgehead atoms. The highest BCUT2D eigenvalue weighted by Gasteiger charge is 2.15. The summed E-state index contributed by atoms with van der Waals surface area (Å²) in [5.74, 6) is 2.05. The lowest BCUT2D eigenvalue weighted by Crippen LogP contribution is -2.39. The summed E-state index contributed by atoms with van der Waals surface area (Å²) in [5, 5.41) is 3.40. The summed E-state index contributed by atoms with van der Waals surface area (Å²) in [5.41, 5.74) is 1.24. The molecule has 0 saturated carbocycles. The summed E-state index contributed by atoms with van der Waals surface area (Å²) in [6.07, 6.45) is 3.47. The van der Waals surface area contributed by atoms with E-state index in [0.717, 1.165) is 44.3 Å². The van der Waals surface area contributed by atoms with Crippen LogP contribution in [-0.2, 0) is 6.42 Å². The van der Waals surface area contributed by atoms with Crippen LogP contribution in [0.4, 0.5) is 0 Å². The Morgan fingerprint density at radius 2 is 2.00 bits per heavy atom. The smallest absolute Gasteiger partial charge is 0.193 e. The minimum atomic E-state index is 0.705. The van der Waals surface area contributed by atoms with Crippen molar-refractivity contribution in [2.75, 3.05) is 32.8 Å². The fourth-order valence-corrected chi connectivity index (χ4v) is 2.64. The van der Waals surface area contributed by atoms with E-state index >= 15 is 0 Å². The Balaban J connectivity index is 1.95. The SMILES string of the molecule is CCNC(=NCCc1ccccc1OCC)N1CCCC1. The van der Waals surface area contributed by atoms with Gasteiger partial charge in [0.1, 0.15) is 5.75 Å². The number of hydrogen-bond acceptors (Lipinski definition) is 2. The van der Waals surface area contributed by atoms with Gasteiger partial charge in [-0.05, 0) is 44.7 Å². The Morgan fingerprint density at radius 3 is 2.71 bits per heavy atom. The van der Waals surface area contributed by atoms with Gasteiger partial charge in [-0.1, -0.05) is 18.2 Å². The monoisotopic (exact) mass is 289 g/mol. The van der Waals surface area contributed by atoms with Gasteiger partial charge >= 0.3 is 0 Å². The van der Waals surface area contributed by atoms with E-state index in [4.69, 9.17) is 9.73 Å². The number of guanidine groups is 1. The molecule has 0 aliphatic carbocycles. The third kappa shape index (κ3) is 4.66. The second-order valence-electron chi connectivity index (χ2n) is 5.22. The maximum atomic E-state index is 5.67. The maximum absolute atomic E-state index is 5.67. The van der Waals surface area contributed by atoms with Crippen LogP contribution in [0.1, 0.15) is 32.3 Å². The number of hydrogen-bond donors (Lipinski definition) is 1. The molecule has 4 heteroatoms. The number of aliphatic imine (C=N–C) groups is 1.